The van der Waals surface area contributed by atoms with Crippen LogP contribution in [-0.2, 0) is 4.79 Å². The van der Waals surface area contributed by atoms with Crippen molar-refractivity contribution in [1.29, 1.82) is 0 Å². The van der Waals surface area contributed by atoms with E-state index in [1.807, 2.05) is 35.7 Å². The van der Waals surface area contributed by atoms with Crippen LogP contribution >= 0.6 is 34.7 Å². The van der Waals surface area contributed by atoms with Crippen molar-refractivity contribution in [2.45, 2.75) is 4.34 Å². The number of aromatic nitrogens is 4. The fourth-order valence-corrected chi connectivity index (χ4v) is 4.33. The fraction of sp³-hybridized carbons (Fsp3) is 0.0526. The van der Waals surface area contributed by atoms with Crippen molar-refractivity contribution in [2.24, 2.45) is 0 Å². The first-order valence-corrected chi connectivity index (χ1v) is 10.5. The molecule has 2 aromatic carbocycles. The average molecular weight is 428 g/mol. The molecule has 0 bridgehead atoms. The molecule has 0 saturated carbocycles. The van der Waals surface area contributed by atoms with Crippen LogP contribution in [-0.4, -0.2) is 31.4 Å². The second-order valence-corrected chi connectivity index (χ2v) is 8.22. The number of thiazole rings is 1. The molecule has 0 spiro atoms. The van der Waals surface area contributed by atoms with E-state index in [-0.39, 0.29) is 11.7 Å². The molecule has 4 aromatic rings. The van der Waals surface area contributed by atoms with Gasteiger partial charge in [-0.3, -0.25) is 4.79 Å². The number of thioether (sulfide) groups is 1. The first kappa shape index (κ1) is 18.7. The van der Waals surface area contributed by atoms with Gasteiger partial charge < -0.3 is 5.32 Å². The lowest BCUT2D eigenvalue weighted by atomic mass is 10.2. The Kier molecular flexibility index (Phi) is 5.70. The third-order valence-electron chi connectivity index (χ3n) is 3.78. The number of carbonyl (C=O) groups excluding carboxylic acids is 1. The van der Waals surface area contributed by atoms with E-state index in [2.05, 4.69) is 20.4 Å². The van der Waals surface area contributed by atoms with E-state index in [4.69, 9.17) is 11.6 Å². The van der Waals surface area contributed by atoms with E-state index in [1.165, 1.54) is 29.4 Å². The minimum atomic E-state index is -0.148. The van der Waals surface area contributed by atoms with Gasteiger partial charge in [0.1, 0.15) is 12.7 Å². The van der Waals surface area contributed by atoms with Crippen molar-refractivity contribution >= 4 is 46.3 Å². The maximum atomic E-state index is 12.5. The fourth-order valence-electron chi connectivity index (χ4n) is 2.52. The third-order valence-corrected chi connectivity index (χ3v) is 6.03. The Hall–Kier alpha value is -2.68. The molecular weight excluding hydrogens is 414 g/mol. The highest BCUT2D eigenvalue weighted by Crippen LogP contribution is 2.29. The Morgan fingerprint density at radius 2 is 2.07 bits per heavy atom. The minimum absolute atomic E-state index is 0.148. The molecule has 2 heterocycles. The molecule has 2 aromatic heterocycles. The zero-order valence-electron chi connectivity index (χ0n) is 14.4. The summed E-state index contributed by atoms with van der Waals surface area (Å²) in [6, 6.07) is 15.2. The lowest BCUT2D eigenvalue weighted by molar-refractivity contribution is -0.113. The van der Waals surface area contributed by atoms with Crippen molar-refractivity contribution < 1.29 is 4.79 Å². The second kappa shape index (κ2) is 8.55. The van der Waals surface area contributed by atoms with Crippen LogP contribution in [0.3, 0.4) is 0 Å². The topological polar surface area (TPSA) is 72.7 Å². The largest absolute Gasteiger partial charge is 0.323 e. The maximum absolute atomic E-state index is 12.5. The number of benzene rings is 2. The van der Waals surface area contributed by atoms with E-state index in [0.717, 1.165) is 15.6 Å². The summed E-state index contributed by atoms with van der Waals surface area (Å²) in [5.41, 5.74) is 3.25. The lowest BCUT2D eigenvalue weighted by Crippen LogP contribution is -2.16. The minimum Gasteiger partial charge on any atom is -0.323 e. The molecule has 0 atom stereocenters. The summed E-state index contributed by atoms with van der Waals surface area (Å²) in [4.78, 5) is 21.0. The molecule has 6 nitrogen and oxygen atoms in total. The molecule has 0 aliphatic heterocycles. The van der Waals surface area contributed by atoms with Gasteiger partial charge in [-0.25, -0.2) is 14.6 Å². The quantitative estimate of drug-likeness (QED) is 0.448. The highest BCUT2D eigenvalue weighted by atomic mass is 35.5. The Labute approximate surface area is 174 Å². The zero-order valence-corrected chi connectivity index (χ0v) is 16.8. The molecule has 28 heavy (non-hydrogen) atoms. The van der Waals surface area contributed by atoms with Crippen LogP contribution in [0, 0.1) is 0 Å². The van der Waals surface area contributed by atoms with Crippen LogP contribution in [0.5, 0.6) is 0 Å². The van der Waals surface area contributed by atoms with Crippen molar-refractivity contribution in [3.8, 4) is 16.9 Å². The Morgan fingerprint density at radius 1 is 1.21 bits per heavy atom. The maximum Gasteiger partial charge on any atom is 0.234 e. The van der Waals surface area contributed by atoms with E-state index in [9.17, 15) is 4.79 Å². The summed E-state index contributed by atoms with van der Waals surface area (Å²) < 4.78 is 2.42. The molecule has 0 unspecified atom stereocenters. The molecule has 0 fully saturated rings. The summed E-state index contributed by atoms with van der Waals surface area (Å²) in [6.45, 7) is 0. The average Bonchev–Trinajstić information content (AvgIpc) is 3.39. The Bertz CT molecular complexity index is 1080. The van der Waals surface area contributed by atoms with Gasteiger partial charge in [0, 0.05) is 16.0 Å². The van der Waals surface area contributed by atoms with E-state index in [0.29, 0.717) is 16.4 Å². The lowest BCUT2D eigenvalue weighted by Gasteiger charge is -2.11. The van der Waals surface area contributed by atoms with Gasteiger partial charge in [0.15, 0.2) is 4.34 Å². The highest BCUT2D eigenvalue weighted by Gasteiger charge is 2.12. The number of halogens is 1. The molecule has 1 amide bonds. The number of nitrogens with one attached hydrogen (secondary N) is 1. The zero-order chi connectivity index (χ0) is 19.3. The number of amides is 1. The third kappa shape index (κ3) is 4.41. The van der Waals surface area contributed by atoms with Crippen LogP contribution < -0.4 is 5.32 Å². The number of carbonyl (C=O) groups is 1. The van der Waals surface area contributed by atoms with Crippen LogP contribution in [0.4, 0.5) is 5.69 Å². The van der Waals surface area contributed by atoms with Gasteiger partial charge >= 0.3 is 0 Å². The van der Waals surface area contributed by atoms with Crippen molar-refractivity contribution in [1.82, 2.24) is 19.7 Å². The summed E-state index contributed by atoms with van der Waals surface area (Å²) in [5, 5.41) is 9.52. The number of anilines is 1. The van der Waals surface area contributed by atoms with E-state index >= 15 is 0 Å². The number of hydrogen-bond acceptors (Lipinski definition) is 6. The first-order valence-electron chi connectivity index (χ1n) is 8.27. The molecule has 1 N–H and O–H groups in total. The number of hydrogen-bond donors (Lipinski definition) is 1. The predicted molar refractivity (Wildman–Crippen MR) is 113 cm³/mol. The Balaban J connectivity index is 1.42. The summed E-state index contributed by atoms with van der Waals surface area (Å²) >= 11 is 9.01. The number of nitrogens with zero attached hydrogens (tertiary/aromatic N) is 4. The molecule has 0 saturated heterocycles. The summed E-state index contributed by atoms with van der Waals surface area (Å²) in [6.07, 6.45) is 3.00. The molecule has 0 radical (unpaired) electrons. The van der Waals surface area contributed by atoms with Crippen molar-refractivity contribution in [3.05, 3.63) is 71.6 Å². The van der Waals surface area contributed by atoms with E-state index in [1.54, 1.807) is 29.2 Å². The standard InChI is InChI=1S/C19H14ClN5OS2/c20-14-6-7-17(25-12-21-11-22-25)15(8-14)23-18(26)10-28-19-24-16(9-27-19)13-4-2-1-3-5-13/h1-9,11-12H,10H2,(H,23,26). The SMILES string of the molecule is O=C(CSc1nc(-c2ccccc2)cs1)Nc1cc(Cl)ccc1-n1cncn1. The molecular formula is C19H14ClN5OS2. The van der Waals surface area contributed by atoms with Crippen LogP contribution in [0.15, 0.2) is 70.9 Å². The molecule has 140 valence electrons. The van der Waals surface area contributed by atoms with Gasteiger partial charge in [-0.2, -0.15) is 5.10 Å². The van der Waals surface area contributed by atoms with Gasteiger partial charge in [0.25, 0.3) is 0 Å². The van der Waals surface area contributed by atoms with E-state index < -0.39 is 0 Å². The van der Waals surface area contributed by atoms with Gasteiger partial charge in [-0.1, -0.05) is 53.7 Å². The predicted octanol–water partition coefficient (Wildman–Crippen LogP) is 4.78. The smallest absolute Gasteiger partial charge is 0.234 e. The molecule has 0 aliphatic rings. The first-order chi connectivity index (χ1) is 13.7. The van der Waals surface area contributed by atoms with Crippen molar-refractivity contribution in [2.75, 3.05) is 11.1 Å². The molecule has 0 aliphatic carbocycles. The molecule has 9 heteroatoms. The normalized spacial score (nSPS) is 10.8. The van der Waals surface area contributed by atoms with Gasteiger partial charge in [-0.15, -0.1) is 11.3 Å². The Morgan fingerprint density at radius 3 is 2.86 bits per heavy atom. The molecule has 4 rings (SSSR count). The van der Waals surface area contributed by atoms with Gasteiger partial charge in [-0.05, 0) is 18.2 Å². The van der Waals surface area contributed by atoms with Crippen molar-refractivity contribution in [3.63, 3.8) is 0 Å². The summed E-state index contributed by atoms with van der Waals surface area (Å²) in [7, 11) is 0. The van der Waals surface area contributed by atoms with Crippen LogP contribution in [0.25, 0.3) is 16.9 Å². The van der Waals surface area contributed by atoms with Gasteiger partial charge in [0.2, 0.25) is 5.91 Å². The van der Waals surface area contributed by atoms with Crippen LogP contribution in [0.1, 0.15) is 0 Å². The highest BCUT2D eigenvalue weighted by molar-refractivity contribution is 8.01. The van der Waals surface area contributed by atoms with Crippen LogP contribution in [0.2, 0.25) is 5.02 Å². The number of rotatable bonds is 6. The summed E-state index contributed by atoms with van der Waals surface area (Å²) in [5.74, 6) is 0.0931. The van der Waals surface area contributed by atoms with Gasteiger partial charge in [0.05, 0.1) is 22.8 Å². The second-order valence-electron chi connectivity index (χ2n) is 5.70. The monoisotopic (exact) mass is 427 g/mol.